The quantitative estimate of drug-likeness (QED) is 0.893. The van der Waals surface area contributed by atoms with Crippen molar-refractivity contribution in [2.24, 2.45) is 0 Å². The molecule has 0 amide bonds. The molecule has 18 heavy (non-hydrogen) atoms. The summed E-state index contributed by atoms with van der Waals surface area (Å²) in [5.41, 5.74) is 1.24. The van der Waals surface area contributed by atoms with Crippen LogP contribution in [0.25, 0.3) is 0 Å². The van der Waals surface area contributed by atoms with Crippen LogP contribution < -0.4 is 10.1 Å². The van der Waals surface area contributed by atoms with Gasteiger partial charge in [0.25, 0.3) is 0 Å². The predicted octanol–water partition coefficient (Wildman–Crippen LogP) is 3.30. The number of nitrogens with one attached hydrogen (secondary N) is 1. The van der Waals surface area contributed by atoms with E-state index in [0.717, 1.165) is 12.3 Å². The summed E-state index contributed by atoms with van der Waals surface area (Å²) in [5, 5.41) is 3.46. The molecule has 1 saturated heterocycles. The van der Waals surface area contributed by atoms with Crippen molar-refractivity contribution in [2.45, 2.75) is 18.9 Å². The zero-order valence-corrected chi connectivity index (χ0v) is 10.2. The molecule has 1 fully saturated rings. The van der Waals surface area contributed by atoms with Crippen LogP contribution in [0.1, 0.15) is 24.4 Å². The largest absolute Gasteiger partial charge is 0.439 e. The van der Waals surface area contributed by atoms with Crippen LogP contribution in [0.2, 0.25) is 0 Å². The van der Waals surface area contributed by atoms with Gasteiger partial charge < -0.3 is 10.1 Å². The van der Waals surface area contributed by atoms with Gasteiger partial charge in [0.05, 0.1) is 0 Å². The van der Waals surface area contributed by atoms with E-state index >= 15 is 0 Å². The van der Waals surface area contributed by atoms with E-state index in [1.54, 1.807) is 0 Å². The maximum Gasteiger partial charge on any atom is 0.219 e. The van der Waals surface area contributed by atoms with E-state index in [-0.39, 0.29) is 0 Å². The highest BCUT2D eigenvalue weighted by molar-refractivity contribution is 5.28. The SMILES string of the molecule is c1ccc(Oc2ccc([C@@H]3CCCN3)cn2)cc1. The molecule has 92 valence electrons. The fraction of sp³-hybridized carbons (Fsp3) is 0.267. The number of para-hydroxylation sites is 1. The minimum Gasteiger partial charge on any atom is -0.439 e. The van der Waals surface area contributed by atoms with E-state index in [1.165, 1.54) is 18.4 Å². The van der Waals surface area contributed by atoms with Gasteiger partial charge in [0.2, 0.25) is 5.88 Å². The Bertz CT molecular complexity index is 490. The molecule has 0 unspecified atom stereocenters. The number of hydrogen-bond donors (Lipinski definition) is 1. The Balaban J connectivity index is 1.71. The standard InChI is InChI=1S/C15H16N2O/c1-2-5-13(6-3-1)18-15-9-8-12(11-17-15)14-7-4-10-16-14/h1-3,5-6,8-9,11,14,16H,4,7,10H2/t14-/m0/s1. The predicted molar refractivity (Wildman–Crippen MR) is 70.7 cm³/mol. The Morgan fingerprint density at radius 2 is 2.00 bits per heavy atom. The Morgan fingerprint density at radius 1 is 1.11 bits per heavy atom. The fourth-order valence-corrected chi connectivity index (χ4v) is 2.24. The van der Waals surface area contributed by atoms with Crippen LogP contribution in [0, 0.1) is 0 Å². The summed E-state index contributed by atoms with van der Waals surface area (Å²) in [6.45, 7) is 1.10. The zero-order valence-electron chi connectivity index (χ0n) is 10.2. The lowest BCUT2D eigenvalue weighted by Crippen LogP contribution is -2.12. The lowest BCUT2D eigenvalue weighted by atomic mass is 10.1. The van der Waals surface area contributed by atoms with E-state index in [9.17, 15) is 0 Å². The molecule has 0 radical (unpaired) electrons. The first kappa shape index (κ1) is 11.2. The topological polar surface area (TPSA) is 34.1 Å². The van der Waals surface area contributed by atoms with E-state index in [4.69, 9.17) is 4.74 Å². The van der Waals surface area contributed by atoms with Crippen LogP contribution in [-0.2, 0) is 0 Å². The van der Waals surface area contributed by atoms with Crippen molar-refractivity contribution in [3.63, 3.8) is 0 Å². The van der Waals surface area contributed by atoms with Crippen LogP contribution >= 0.6 is 0 Å². The lowest BCUT2D eigenvalue weighted by molar-refractivity contribution is 0.461. The molecular weight excluding hydrogens is 224 g/mol. The van der Waals surface area contributed by atoms with Crippen molar-refractivity contribution in [3.05, 3.63) is 54.2 Å². The summed E-state index contributed by atoms with van der Waals surface area (Å²) in [6, 6.07) is 14.2. The molecular formula is C15H16N2O. The van der Waals surface area contributed by atoms with Gasteiger partial charge in [-0.2, -0.15) is 0 Å². The number of pyridine rings is 1. The maximum atomic E-state index is 5.66. The summed E-state index contributed by atoms with van der Waals surface area (Å²) in [4.78, 5) is 4.36. The van der Waals surface area contributed by atoms with Gasteiger partial charge >= 0.3 is 0 Å². The number of benzene rings is 1. The van der Waals surface area contributed by atoms with Crippen LogP contribution in [0.3, 0.4) is 0 Å². The Morgan fingerprint density at radius 3 is 2.67 bits per heavy atom. The number of nitrogens with zero attached hydrogens (tertiary/aromatic N) is 1. The van der Waals surface area contributed by atoms with Crippen molar-refractivity contribution in [1.82, 2.24) is 10.3 Å². The van der Waals surface area contributed by atoms with Gasteiger partial charge in [0.15, 0.2) is 0 Å². The highest BCUT2D eigenvalue weighted by Crippen LogP contribution is 2.24. The van der Waals surface area contributed by atoms with E-state index in [1.807, 2.05) is 42.6 Å². The third kappa shape index (κ3) is 2.51. The first-order valence-electron chi connectivity index (χ1n) is 6.34. The molecule has 0 saturated carbocycles. The highest BCUT2D eigenvalue weighted by Gasteiger charge is 2.16. The summed E-state index contributed by atoms with van der Waals surface area (Å²) >= 11 is 0. The monoisotopic (exact) mass is 240 g/mol. The van der Waals surface area contributed by atoms with Crippen molar-refractivity contribution in [2.75, 3.05) is 6.54 Å². The summed E-state index contributed by atoms with van der Waals surface area (Å²) < 4.78 is 5.66. The van der Waals surface area contributed by atoms with Gasteiger partial charge in [-0.3, -0.25) is 0 Å². The lowest BCUT2D eigenvalue weighted by Gasteiger charge is -2.10. The van der Waals surface area contributed by atoms with Gasteiger partial charge in [-0.15, -0.1) is 0 Å². The second kappa shape index (κ2) is 5.19. The van der Waals surface area contributed by atoms with Crippen LogP contribution in [0.15, 0.2) is 48.7 Å². The molecule has 0 bridgehead atoms. The van der Waals surface area contributed by atoms with Gasteiger partial charge in [-0.05, 0) is 37.1 Å². The van der Waals surface area contributed by atoms with E-state index in [2.05, 4.69) is 16.4 Å². The molecule has 1 aliphatic heterocycles. The first-order chi connectivity index (χ1) is 8.92. The second-order valence-corrected chi connectivity index (χ2v) is 4.49. The summed E-state index contributed by atoms with van der Waals surface area (Å²) in [5.74, 6) is 1.46. The molecule has 3 heteroatoms. The van der Waals surface area contributed by atoms with E-state index in [0.29, 0.717) is 11.9 Å². The molecule has 2 aromatic rings. The van der Waals surface area contributed by atoms with E-state index < -0.39 is 0 Å². The molecule has 1 N–H and O–H groups in total. The molecule has 3 rings (SSSR count). The summed E-state index contributed by atoms with van der Waals surface area (Å²) in [6.07, 6.45) is 4.34. The van der Waals surface area contributed by atoms with Crippen molar-refractivity contribution < 1.29 is 4.74 Å². The average molecular weight is 240 g/mol. The van der Waals surface area contributed by atoms with Crippen LogP contribution in [0.5, 0.6) is 11.6 Å². The van der Waals surface area contributed by atoms with Crippen LogP contribution in [0.4, 0.5) is 0 Å². The normalized spacial score (nSPS) is 18.8. The van der Waals surface area contributed by atoms with Crippen molar-refractivity contribution >= 4 is 0 Å². The smallest absolute Gasteiger partial charge is 0.219 e. The number of aromatic nitrogens is 1. The Labute approximate surface area is 107 Å². The third-order valence-electron chi connectivity index (χ3n) is 3.19. The summed E-state index contributed by atoms with van der Waals surface area (Å²) in [7, 11) is 0. The molecule has 1 aromatic heterocycles. The van der Waals surface area contributed by atoms with Gasteiger partial charge in [0, 0.05) is 18.3 Å². The molecule has 0 spiro atoms. The Hall–Kier alpha value is -1.87. The maximum absolute atomic E-state index is 5.66. The molecule has 0 aliphatic carbocycles. The number of ether oxygens (including phenoxy) is 1. The minimum absolute atomic E-state index is 0.461. The zero-order chi connectivity index (χ0) is 12.2. The molecule has 2 heterocycles. The average Bonchev–Trinajstić information content (AvgIpc) is 2.95. The molecule has 1 atom stereocenters. The van der Waals surface area contributed by atoms with Gasteiger partial charge in [0.1, 0.15) is 5.75 Å². The first-order valence-corrected chi connectivity index (χ1v) is 6.34. The number of hydrogen-bond acceptors (Lipinski definition) is 3. The van der Waals surface area contributed by atoms with Gasteiger partial charge in [-0.25, -0.2) is 4.98 Å². The second-order valence-electron chi connectivity index (χ2n) is 4.49. The van der Waals surface area contributed by atoms with Crippen LogP contribution in [-0.4, -0.2) is 11.5 Å². The molecule has 3 nitrogen and oxygen atoms in total. The highest BCUT2D eigenvalue weighted by atomic mass is 16.5. The molecule has 1 aromatic carbocycles. The molecule has 1 aliphatic rings. The fourth-order valence-electron chi connectivity index (χ4n) is 2.24. The third-order valence-corrected chi connectivity index (χ3v) is 3.19. The van der Waals surface area contributed by atoms with Crippen molar-refractivity contribution in [3.8, 4) is 11.6 Å². The number of rotatable bonds is 3. The van der Waals surface area contributed by atoms with Crippen molar-refractivity contribution in [1.29, 1.82) is 0 Å². The Kier molecular flexibility index (Phi) is 3.24. The minimum atomic E-state index is 0.461. The van der Waals surface area contributed by atoms with Gasteiger partial charge in [-0.1, -0.05) is 24.3 Å².